The smallest absolute Gasteiger partial charge is 0.229 e. The van der Waals surface area contributed by atoms with Gasteiger partial charge in [0.15, 0.2) is 5.58 Å². The minimum atomic E-state index is -0.260. The van der Waals surface area contributed by atoms with Gasteiger partial charge < -0.3 is 9.52 Å². The fourth-order valence-electron chi connectivity index (χ4n) is 5.34. The summed E-state index contributed by atoms with van der Waals surface area (Å²) in [5, 5.41) is 10.6. The first kappa shape index (κ1) is 30.0. The zero-order chi connectivity index (χ0) is 31.9. The van der Waals surface area contributed by atoms with Gasteiger partial charge in [-0.1, -0.05) is 90.1 Å². The molecular weight excluding hydrogens is 559 g/mol. The van der Waals surface area contributed by atoms with Gasteiger partial charge in [0, 0.05) is 17.3 Å². The van der Waals surface area contributed by atoms with Crippen molar-refractivity contribution in [1.29, 1.82) is 0 Å². The van der Waals surface area contributed by atoms with Crippen molar-refractivity contribution in [3.63, 3.8) is 0 Å². The summed E-state index contributed by atoms with van der Waals surface area (Å²) in [5.41, 5.74) is 9.45. The van der Waals surface area contributed by atoms with Crippen molar-refractivity contribution >= 4 is 23.0 Å². The van der Waals surface area contributed by atoms with Gasteiger partial charge in [-0.25, -0.2) is 9.37 Å². The molecule has 1 heterocycles. The fourth-order valence-corrected chi connectivity index (χ4v) is 5.34. The third kappa shape index (κ3) is 6.30. The van der Waals surface area contributed by atoms with E-state index in [0.29, 0.717) is 22.7 Å². The minimum Gasteiger partial charge on any atom is -0.507 e. The van der Waals surface area contributed by atoms with E-state index in [0.717, 1.165) is 44.5 Å². The molecule has 1 N–H and O–H groups in total. The second kappa shape index (κ2) is 11.5. The maximum absolute atomic E-state index is 13.6. The van der Waals surface area contributed by atoms with E-state index in [9.17, 15) is 9.50 Å². The molecule has 0 unspecified atom stereocenters. The highest BCUT2D eigenvalue weighted by atomic mass is 19.1. The minimum absolute atomic E-state index is 0.0610. The summed E-state index contributed by atoms with van der Waals surface area (Å²) < 4.78 is 20.1. The fraction of sp³-hybridized carbons (Fsp3) is 0.200. The van der Waals surface area contributed by atoms with Gasteiger partial charge in [0.05, 0.1) is 11.3 Å². The number of phenols is 1. The van der Waals surface area contributed by atoms with Crippen LogP contribution in [0.25, 0.3) is 44.8 Å². The van der Waals surface area contributed by atoms with E-state index >= 15 is 0 Å². The summed E-state index contributed by atoms with van der Waals surface area (Å²) in [6, 6.07) is 32.4. The van der Waals surface area contributed by atoms with Crippen molar-refractivity contribution < 1.29 is 13.9 Å². The molecule has 6 rings (SSSR count). The molecule has 0 radical (unpaired) electrons. The lowest BCUT2D eigenvalue weighted by atomic mass is 9.85. The Morgan fingerprint density at radius 2 is 1.40 bits per heavy atom. The van der Waals surface area contributed by atoms with Crippen LogP contribution in [0.1, 0.15) is 58.2 Å². The molecule has 0 spiro atoms. The van der Waals surface area contributed by atoms with E-state index in [1.807, 2.05) is 48.5 Å². The number of aromatic nitrogens is 1. The zero-order valence-corrected chi connectivity index (χ0v) is 26.5. The van der Waals surface area contributed by atoms with Crippen molar-refractivity contribution in [1.82, 2.24) is 4.98 Å². The van der Waals surface area contributed by atoms with Crippen molar-refractivity contribution in [2.24, 2.45) is 4.99 Å². The van der Waals surface area contributed by atoms with Gasteiger partial charge in [0.1, 0.15) is 17.1 Å². The molecule has 4 nitrogen and oxygen atoms in total. The lowest BCUT2D eigenvalue weighted by Crippen LogP contribution is -2.11. The number of halogens is 1. The largest absolute Gasteiger partial charge is 0.507 e. The van der Waals surface area contributed by atoms with Gasteiger partial charge >= 0.3 is 0 Å². The summed E-state index contributed by atoms with van der Waals surface area (Å²) in [7, 11) is 0. The number of aliphatic imine (C=N–C) groups is 1. The summed E-state index contributed by atoms with van der Waals surface area (Å²) in [6.45, 7) is 13.0. The van der Waals surface area contributed by atoms with Crippen molar-refractivity contribution in [2.75, 3.05) is 0 Å². The maximum Gasteiger partial charge on any atom is 0.229 e. The third-order valence-corrected chi connectivity index (χ3v) is 8.08. The number of oxazole rings is 1. The first-order chi connectivity index (χ1) is 21.4. The van der Waals surface area contributed by atoms with Crippen LogP contribution in [-0.2, 0) is 10.8 Å². The Balaban J connectivity index is 1.46. The molecule has 0 aliphatic rings. The number of nitrogens with zero attached hydrogens (tertiary/aromatic N) is 2. The van der Waals surface area contributed by atoms with Crippen LogP contribution in [-0.4, -0.2) is 16.3 Å². The predicted octanol–water partition coefficient (Wildman–Crippen LogP) is 11.0. The normalized spacial score (nSPS) is 12.3. The molecule has 0 amide bonds. The first-order valence-corrected chi connectivity index (χ1v) is 15.2. The second-order valence-electron chi connectivity index (χ2n) is 13.5. The number of benzene rings is 5. The molecule has 0 saturated heterocycles. The molecule has 5 aromatic carbocycles. The van der Waals surface area contributed by atoms with Crippen LogP contribution >= 0.6 is 0 Å². The van der Waals surface area contributed by atoms with Crippen LogP contribution in [0.15, 0.2) is 113 Å². The van der Waals surface area contributed by atoms with E-state index in [1.165, 1.54) is 12.1 Å². The molecule has 0 atom stereocenters. The molecule has 5 heteroatoms. The van der Waals surface area contributed by atoms with Crippen molar-refractivity contribution in [3.05, 3.63) is 126 Å². The summed E-state index contributed by atoms with van der Waals surface area (Å²) in [6.07, 6.45) is 1.69. The summed E-state index contributed by atoms with van der Waals surface area (Å²) in [5.74, 6) is 0.380. The highest BCUT2D eigenvalue weighted by Crippen LogP contribution is 2.39. The Labute approximate surface area is 263 Å². The van der Waals surface area contributed by atoms with Crippen LogP contribution in [0.4, 0.5) is 10.1 Å². The topological polar surface area (TPSA) is 58.6 Å². The molecule has 45 heavy (non-hydrogen) atoms. The van der Waals surface area contributed by atoms with Gasteiger partial charge in [-0.15, -0.1) is 0 Å². The molecular formula is C40H37FN2O2. The summed E-state index contributed by atoms with van der Waals surface area (Å²) in [4.78, 5) is 9.82. The number of fused-ring (bicyclic) bond motifs is 1. The maximum atomic E-state index is 13.6. The number of phenolic OH excluding ortho intramolecular Hbond substituents is 1. The van der Waals surface area contributed by atoms with Crippen LogP contribution < -0.4 is 0 Å². The van der Waals surface area contributed by atoms with Gasteiger partial charge in [0.25, 0.3) is 0 Å². The van der Waals surface area contributed by atoms with E-state index < -0.39 is 0 Å². The molecule has 226 valence electrons. The zero-order valence-electron chi connectivity index (χ0n) is 26.5. The first-order valence-electron chi connectivity index (χ1n) is 15.2. The Bertz CT molecular complexity index is 2040. The average Bonchev–Trinajstić information content (AvgIpc) is 3.44. The Hall–Kier alpha value is -5.03. The Kier molecular flexibility index (Phi) is 7.65. The van der Waals surface area contributed by atoms with E-state index in [4.69, 9.17) is 14.4 Å². The molecule has 0 bridgehead atoms. The van der Waals surface area contributed by atoms with Crippen molar-refractivity contribution in [2.45, 2.75) is 52.4 Å². The molecule has 0 aliphatic heterocycles. The summed E-state index contributed by atoms with van der Waals surface area (Å²) >= 11 is 0. The number of aromatic hydroxyl groups is 1. The van der Waals surface area contributed by atoms with E-state index in [1.54, 1.807) is 24.4 Å². The van der Waals surface area contributed by atoms with E-state index in [2.05, 4.69) is 65.8 Å². The Morgan fingerprint density at radius 3 is 2.13 bits per heavy atom. The molecule has 6 aromatic rings. The van der Waals surface area contributed by atoms with Gasteiger partial charge in [-0.3, -0.25) is 4.99 Å². The average molecular weight is 597 g/mol. The van der Waals surface area contributed by atoms with Crippen molar-refractivity contribution in [3.8, 4) is 39.5 Å². The molecule has 0 saturated carbocycles. The van der Waals surface area contributed by atoms with Crippen LogP contribution in [0.3, 0.4) is 0 Å². The highest BCUT2D eigenvalue weighted by molar-refractivity contribution is 5.95. The second-order valence-corrected chi connectivity index (χ2v) is 13.5. The van der Waals surface area contributed by atoms with Crippen LogP contribution in [0.5, 0.6) is 5.75 Å². The van der Waals surface area contributed by atoms with Crippen LogP contribution in [0, 0.1) is 5.82 Å². The standard InChI is InChI=1S/C40H37FN2O2/c1-39(2,3)29-16-19-35(44)28(21-29)24-42-34-13-8-7-12-32(34)38-43-37-33(22-30(40(4,5)6)23-36(37)45-38)27-11-9-10-26(20-27)25-14-17-31(41)18-15-25/h7-24,44H,1-6H3. The SMILES string of the molecule is CC(C)(C)c1ccc(O)c(C=Nc2ccccc2-c2nc3c(-c4cccc(-c5ccc(F)cc5)c4)cc(C(C)(C)C)cc3o2)c1. The quantitative estimate of drug-likeness (QED) is 0.201. The van der Waals surface area contributed by atoms with Gasteiger partial charge in [-0.2, -0.15) is 0 Å². The molecule has 0 fully saturated rings. The predicted molar refractivity (Wildman–Crippen MR) is 183 cm³/mol. The Morgan fingerprint density at radius 1 is 0.689 bits per heavy atom. The molecule has 0 aliphatic carbocycles. The van der Waals surface area contributed by atoms with E-state index in [-0.39, 0.29) is 22.4 Å². The lowest BCUT2D eigenvalue weighted by Gasteiger charge is -2.20. The van der Waals surface area contributed by atoms with Crippen LogP contribution in [0.2, 0.25) is 0 Å². The third-order valence-electron chi connectivity index (χ3n) is 8.08. The number of para-hydroxylation sites is 1. The number of rotatable bonds is 5. The number of hydrogen-bond acceptors (Lipinski definition) is 4. The molecule has 1 aromatic heterocycles. The monoisotopic (exact) mass is 596 g/mol. The number of hydrogen-bond donors (Lipinski definition) is 1. The van der Waals surface area contributed by atoms with Gasteiger partial charge in [0.2, 0.25) is 5.89 Å². The highest BCUT2D eigenvalue weighted by Gasteiger charge is 2.22. The van der Waals surface area contributed by atoms with Gasteiger partial charge in [-0.05, 0) is 93.2 Å². The lowest BCUT2D eigenvalue weighted by molar-refractivity contribution is 0.473.